The van der Waals surface area contributed by atoms with Crippen LogP contribution < -0.4 is 10.6 Å². The second-order valence-corrected chi connectivity index (χ2v) is 5.15. The number of rotatable bonds is 6. The number of carbonyl (C=O) groups excluding carboxylic acids is 3. The Morgan fingerprint density at radius 1 is 1.26 bits per heavy atom. The van der Waals surface area contributed by atoms with Gasteiger partial charge < -0.3 is 20.5 Å². The number of carboxylic acids is 1. The topological polar surface area (TPSA) is 122 Å². The van der Waals surface area contributed by atoms with E-state index >= 15 is 0 Å². The third-order valence-electron chi connectivity index (χ3n) is 3.62. The Balaban J connectivity index is 1.92. The van der Waals surface area contributed by atoms with Crippen molar-refractivity contribution in [2.24, 2.45) is 5.92 Å². The molecule has 1 aliphatic rings. The van der Waals surface area contributed by atoms with Gasteiger partial charge in [-0.05, 0) is 18.6 Å². The summed E-state index contributed by atoms with van der Waals surface area (Å²) in [4.78, 5) is 46.4. The van der Waals surface area contributed by atoms with Gasteiger partial charge in [0, 0.05) is 5.56 Å². The van der Waals surface area contributed by atoms with Gasteiger partial charge in [0.1, 0.15) is 0 Å². The van der Waals surface area contributed by atoms with Gasteiger partial charge in [-0.2, -0.15) is 0 Å². The van der Waals surface area contributed by atoms with Crippen LogP contribution in [0.1, 0.15) is 16.8 Å². The van der Waals surface area contributed by atoms with Crippen LogP contribution in [0.2, 0.25) is 0 Å². The highest BCUT2D eigenvalue weighted by atomic mass is 16.5. The number of hydrogen-bond acceptors (Lipinski definition) is 5. The molecule has 0 radical (unpaired) electrons. The van der Waals surface area contributed by atoms with Gasteiger partial charge in [0.25, 0.3) is 5.91 Å². The highest BCUT2D eigenvalue weighted by Gasteiger charge is 2.66. The van der Waals surface area contributed by atoms with Crippen molar-refractivity contribution in [2.75, 3.05) is 13.7 Å². The van der Waals surface area contributed by atoms with Crippen LogP contribution in [0.15, 0.2) is 30.3 Å². The number of carbonyl (C=O) groups is 4. The number of hydrogen-bond donors (Lipinski definition) is 3. The lowest BCUT2D eigenvalue weighted by Gasteiger charge is -2.16. The predicted molar refractivity (Wildman–Crippen MR) is 77.4 cm³/mol. The van der Waals surface area contributed by atoms with E-state index in [4.69, 9.17) is 5.11 Å². The summed E-state index contributed by atoms with van der Waals surface area (Å²) in [6.45, 7) is -0.376. The van der Waals surface area contributed by atoms with Gasteiger partial charge in [0.05, 0.1) is 19.6 Å². The summed E-state index contributed by atoms with van der Waals surface area (Å²) in [6.07, 6.45) is -0.0343. The Kier molecular flexibility index (Phi) is 4.63. The van der Waals surface area contributed by atoms with Crippen molar-refractivity contribution in [3.63, 3.8) is 0 Å². The number of methoxy groups -OCH3 is 1. The first-order valence-electron chi connectivity index (χ1n) is 6.86. The first kappa shape index (κ1) is 16.5. The number of nitrogens with one attached hydrogen (secondary N) is 2. The van der Waals surface area contributed by atoms with Crippen LogP contribution in [0, 0.1) is 5.92 Å². The molecule has 3 N–H and O–H groups in total. The smallest absolute Gasteiger partial charge is 0.332 e. The van der Waals surface area contributed by atoms with Gasteiger partial charge in [-0.15, -0.1) is 0 Å². The average molecular weight is 320 g/mol. The molecule has 2 rings (SSSR count). The molecule has 23 heavy (non-hydrogen) atoms. The summed E-state index contributed by atoms with van der Waals surface area (Å²) in [6, 6.07) is 8.30. The molecule has 1 saturated carbocycles. The molecule has 8 nitrogen and oxygen atoms in total. The molecule has 8 heteroatoms. The summed E-state index contributed by atoms with van der Waals surface area (Å²) in [7, 11) is 1.12. The number of carboxylic acid groups (broad SMARTS) is 1. The van der Waals surface area contributed by atoms with Crippen molar-refractivity contribution in [3.8, 4) is 0 Å². The zero-order valence-corrected chi connectivity index (χ0v) is 12.4. The zero-order chi connectivity index (χ0) is 17.0. The summed E-state index contributed by atoms with van der Waals surface area (Å²) >= 11 is 0. The van der Waals surface area contributed by atoms with Crippen LogP contribution in [-0.4, -0.2) is 48.1 Å². The highest BCUT2D eigenvalue weighted by molar-refractivity contribution is 6.00. The second kappa shape index (κ2) is 6.47. The van der Waals surface area contributed by atoms with E-state index in [0.29, 0.717) is 5.56 Å². The minimum Gasteiger partial charge on any atom is -0.481 e. The molecule has 1 aromatic rings. The maximum atomic E-state index is 11.9. The standard InChI is InChI=1S/C15H16N2O6/c1-23-14(22)15(7-10(15)13(20)21)17-11(18)8-16-12(19)9-5-3-2-4-6-9/h2-6,10H,7-8H2,1H3,(H,16,19)(H,17,18)(H,20,21)/t10-,15-/m0/s1. The van der Waals surface area contributed by atoms with E-state index in [1.165, 1.54) is 0 Å². The number of amides is 2. The average Bonchev–Trinajstić information content (AvgIpc) is 3.28. The van der Waals surface area contributed by atoms with Crippen molar-refractivity contribution < 1.29 is 29.0 Å². The van der Waals surface area contributed by atoms with E-state index in [9.17, 15) is 19.2 Å². The Hall–Kier alpha value is -2.90. The Morgan fingerprint density at radius 2 is 1.91 bits per heavy atom. The van der Waals surface area contributed by atoms with Crippen molar-refractivity contribution in [3.05, 3.63) is 35.9 Å². The minimum atomic E-state index is -1.55. The van der Waals surface area contributed by atoms with Crippen LogP contribution in [-0.2, 0) is 19.1 Å². The molecule has 0 saturated heterocycles. The second-order valence-electron chi connectivity index (χ2n) is 5.15. The molecule has 0 heterocycles. The quantitative estimate of drug-likeness (QED) is 0.610. The van der Waals surface area contributed by atoms with E-state index in [-0.39, 0.29) is 13.0 Å². The Bertz CT molecular complexity index is 645. The molecule has 1 aliphatic carbocycles. The number of aliphatic carboxylic acids is 1. The lowest BCUT2D eigenvalue weighted by Crippen LogP contribution is -2.49. The molecule has 0 aromatic heterocycles. The summed E-state index contributed by atoms with van der Waals surface area (Å²) in [5.41, 5.74) is -1.16. The fourth-order valence-electron chi connectivity index (χ4n) is 2.30. The Labute approximate surface area is 131 Å². The highest BCUT2D eigenvalue weighted by Crippen LogP contribution is 2.44. The molecule has 0 bridgehead atoms. The fraction of sp³-hybridized carbons (Fsp3) is 0.333. The third kappa shape index (κ3) is 3.47. The number of benzene rings is 1. The van der Waals surface area contributed by atoms with E-state index in [1.54, 1.807) is 30.3 Å². The van der Waals surface area contributed by atoms with Gasteiger partial charge in [-0.1, -0.05) is 18.2 Å². The minimum absolute atomic E-state index is 0.0343. The maximum Gasteiger partial charge on any atom is 0.332 e. The molecular formula is C15H16N2O6. The fourth-order valence-corrected chi connectivity index (χ4v) is 2.30. The van der Waals surface area contributed by atoms with Gasteiger partial charge in [-0.25, -0.2) is 4.79 Å². The normalized spacial score (nSPS) is 21.9. The van der Waals surface area contributed by atoms with Crippen molar-refractivity contribution in [1.29, 1.82) is 0 Å². The van der Waals surface area contributed by atoms with Crippen LogP contribution >= 0.6 is 0 Å². The monoisotopic (exact) mass is 320 g/mol. The lowest BCUT2D eigenvalue weighted by molar-refractivity contribution is -0.150. The molecule has 2 atom stereocenters. The first-order chi connectivity index (χ1) is 10.9. The molecule has 1 fully saturated rings. The molecular weight excluding hydrogens is 304 g/mol. The Morgan fingerprint density at radius 3 is 2.43 bits per heavy atom. The SMILES string of the molecule is COC(=O)[C@]1(NC(=O)CNC(=O)c2ccccc2)C[C@H]1C(=O)O. The van der Waals surface area contributed by atoms with Crippen molar-refractivity contribution in [1.82, 2.24) is 10.6 Å². The third-order valence-corrected chi connectivity index (χ3v) is 3.62. The largest absolute Gasteiger partial charge is 0.481 e. The molecule has 2 amide bonds. The van der Waals surface area contributed by atoms with Crippen LogP contribution in [0.5, 0.6) is 0 Å². The van der Waals surface area contributed by atoms with Crippen LogP contribution in [0.25, 0.3) is 0 Å². The van der Waals surface area contributed by atoms with Gasteiger partial charge >= 0.3 is 11.9 Å². The predicted octanol–water partition coefficient (Wildman–Crippen LogP) is -0.451. The number of ether oxygens (including phenoxy) is 1. The van der Waals surface area contributed by atoms with Gasteiger partial charge in [0.2, 0.25) is 5.91 Å². The van der Waals surface area contributed by atoms with Crippen molar-refractivity contribution >= 4 is 23.8 Å². The lowest BCUT2D eigenvalue weighted by atomic mass is 10.2. The summed E-state index contributed by atoms with van der Waals surface area (Å²) in [5, 5.41) is 13.7. The van der Waals surface area contributed by atoms with Crippen molar-refractivity contribution in [2.45, 2.75) is 12.0 Å². The molecule has 0 aliphatic heterocycles. The van der Waals surface area contributed by atoms with E-state index < -0.39 is 35.2 Å². The molecule has 0 unspecified atom stereocenters. The van der Waals surface area contributed by atoms with Crippen LogP contribution in [0.4, 0.5) is 0 Å². The number of esters is 1. The molecule has 0 spiro atoms. The van der Waals surface area contributed by atoms with E-state index in [2.05, 4.69) is 15.4 Å². The van der Waals surface area contributed by atoms with E-state index in [1.807, 2.05) is 0 Å². The summed E-state index contributed by atoms with van der Waals surface area (Å²) < 4.78 is 4.55. The maximum absolute atomic E-state index is 11.9. The molecule has 122 valence electrons. The van der Waals surface area contributed by atoms with Gasteiger partial charge in [-0.3, -0.25) is 14.4 Å². The molecule has 1 aromatic carbocycles. The van der Waals surface area contributed by atoms with E-state index in [0.717, 1.165) is 7.11 Å². The van der Waals surface area contributed by atoms with Crippen LogP contribution in [0.3, 0.4) is 0 Å². The zero-order valence-electron chi connectivity index (χ0n) is 12.4. The van der Waals surface area contributed by atoms with Gasteiger partial charge in [0.15, 0.2) is 5.54 Å². The first-order valence-corrected chi connectivity index (χ1v) is 6.86. The summed E-state index contributed by atoms with van der Waals surface area (Å²) in [5.74, 6) is -4.14.